The van der Waals surface area contributed by atoms with Crippen LogP contribution in [0.25, 0.3) is 0 Å². The van der Waals surface area contributed by atoms with Gasteiger partial charge in [-0.15, -0.1) is 0 Å². The molecule has 1 spiro atoms. The summed E-state index contributed by atoms with van der Waals surface area (Å²) in [4.78, 5) is 12.4. The van der Waals surface area contributed by atoms with Crippen LogP contribution < -0.4 is 10.6 Å². The van der Waals surface area contributed by atoms with Gasteiger partial charge in [-0.3, -0.25) is 4.79 Å². The number of carbonyl (C=O) groups excluding carboxylic acids is 1. The maximum absolute atomic E-state index is 12.4. The average molecular weight is 306 g/mol. The van der Waals surface area contributed by atoms with Crippen molar-refractivity contribution in [3.8, 4) is 0 Å². The van der Waals surface area contributed by atoms with E-state index in [1.165, 1.54) is 38.5 Å². The lowest BCUT2D eigenvalue weighted by Crippen LogP contribution is -2.36. The number of amides is 1. The van der Waals surface area contributed by atoms with Crippen LogP contribution in [-0.4, -0.2) is 25.5 Å². The molecule has 1 amide bonds. The minimum absolute atomic E-state index is 0.320. The summed E-state index contributed by atoms with van der Waals surface area (Å²) in [5, 5.41) is 6.69. The zero-order valence-corrected chi connectivity index (χ0v) is 14.7. The van der Waals surface area contributed by atoms with E-state index in [1.807, 2.05) is 0 Å². The van der Waals surface area contributed by atoms with E-state index in [-0.39, 0.29) is 0 Å². The first-order chi connectivity index (χ1) is 10.4. The standard InChI is InChI=1S/C19H34N2O/c1-18(2,3)15-6-4-14(5-7-15)13-21-17(22)16-12-19(16)8-10-20-11-9-19/h14-16,20H,4-13H2,1-3H3,(H,21,22). The summed E-state index contributed by atoms with van der Waals surface area (Å²) in [6.45, 7) is 10.2. The molecule has 3 nitrogen and oxygen atoms in total. The molecule has 2 aliphatic carbocycles. The van der Waals surface area contributed by atoms with Gasteiger partial charge in [-0.25, -0.2) is 0 Å². The van der Waals surface area contributed by atoms with Gasteiger partial charge in [-0.1, -0.05) is 20.8 Å². The van der Waals surface area contributed by atoms with Gasteiger partial charge < -0.3 is 10.6 Å². The van der Waals surface area contributed by atoms with Crippen LogP contribution in [0, 0.1) is 28.6 Å². The fourth-order valence-electron chi connectivity index (χ4n) is 4.80. The van der Waals surface area contributed by atoms with E-state index < -0.39 is 0 Å². The van der Waals surface area contributed by atoms with Crippen molar-refractivity contribution in [2.24, 2.45) is 28.6 Å². The highest BCUT2D eigenvalue weighted by atomic mass is 16.2. The summed E-state index contributed by atoms with van der Waals surface area (Å²) < 4.78 is 0. The molecule has 1 aliphatic heterocycles. The van der Waals surface area contributed by atoms with E-state index in [9.17, 15) is 4.79 Å². The van der Waals surface area contributed by atoms with Crippen molar-refractivity contribution in [2.75, 3.05) is 19.6 Å². The van der Waals surface area contributed by atoms with E-state index in [1.54, 1.807) is 0 Å². The predicted octanol–water partition coefficient (Wildman–Crippen LogP) is 3.34. The van der Waals surface area contributed by atoms with Crippen molar-refractivity contribution in [3.63, 3.8) is 0 Å². The highest BCUT2D eigenvalue weighted by molar-refractivity contribution is 5.82. The smallest absolute Gasteiger partial charge is 0.223 e. The molecule has 0 radical (unpaired) electrons. The molecule has 22 heavy (non-hydrogen) atoms. The fourth-order valence-corrected chi connectivity index (χ4v) is 4.80. The van der Waals surface area contributed by atoms with Gasteiger partial charge in [0, 0.05) is 12.5 Å². The molecular weight excluding hydrogens is 272 g/mol. The molecule has 3 rings (SSSR count). The number of hydrogen-bond donors (Lipinski definition) is 2. The van der Waals surface area contributed by atoms with Crippen LogP contribution in [0.5, 0.6) is 0 Å². The van der Waals surface area contributed by atoms with Crippen LogP contribution in [0.3, 0.4) is 0 Å². The van der Waals surface area contributed by atoms with E-state index >= 15 is 0 Å². The highest BCUT2D eigenvalue weighted by Gasteiger charge is 2.57. The lowest BCUT2D eigenvalue weighted by atomic mass is 9.70. The zero-order valence-electron chi connectivity index (χ0n) is 14.7. The van der Waals surface area contributed by atoms with E-state index in [0.29, 0.717) is 28.6 Å². The number of rotatable bonds is 3. The Hall–Kier alpha value is -0.570. The summed E-state index contributed by atoms with van der Waals surface area (Å²) in [5.41, 5.74) is 0.822. The quantitative estimate of drug-likeness (QED) is 0.839. The van der Waals surface area contributed by atoms with Crippen molar-refractivity contribution in [3.05, 3.63) is 0 Å². The van der Waals surface area contributed by atoms with Gasteiger partial charge in [0.1, 0.15) is 0 Å². The molecule has 1 atom stereocenters. The van der Waals surface area contributed by atoms with Gasteiger partial charge in [0.15, 0.2) is 0 Å². The average Bonchev–Trinajstić information content (AvgIpc) is 3.18. The second kappa shape index (κ2) is 6.14. The Balaban J connectivity index is 1.38. The van der Waals surface area contributed by atoms with Crippen molar-refractivity contribution in [1.29, 1.82) is 0 Å². The molecular formula is C19H34N2O. The summed E-state index contributed by atoms with van der Waals surface area (Å²) in [5.74, 6) is 2.24. The van der Waals surface area contributed by atoms with Gasteiger partial charge in [0.2, 0.25) is 5.91 Å². The maximum atomic E-state index is 12.4. The van der Waals surface area contributed by atoms with Crippen LogP contribution in [0.1, 0.15) is 65.7 Å². The minimum atomic E-state index is 0.320. The first-order valence-corrected chi connectivity index (χ1v) is 9.39. The molecule has 0 aromatic carbocycles. The molecule has 1 saturated heterocycles. The Morgan fingerprint density at radius 3 is 2.36 bits per heavy atom. The Bertz CT molecular complexity index is 398. The van der Waals surface area contributed by atoms with Gasteiger partial charge in [-0.2, -0.15) is 0 Å². The van der Waals surface area contributed by atoms with E-state index in [0.717, 1.165) is 32.0 Å². The molecule has 1 heterocycles. The molecule has 3 aliphatic rings. The summed E-state index contributed by atoms with van der Waals surface area (Å²) in [7, 11) is 0. The van der Waals surface area contributed by atoms with Crippen molar-refractivity contribution in [2.45, 2.75) is 65.7 Å². The van der Waals surface area contributed by atoms with E-state index in [4.69, 9.17) is 0 Å². The van der Waals surface area contributed by atoms with Gasteiger partial charge in [0.25, 0.3) is 0 Å². The highest BCUT2D eigenvalue weighted by Crippen LogP contribution is 2.58. The minimum Gasteiger partial charge on any atom is -0.356 e. The Morgan fingerprint density at radius 2 is 1.77 bits per heavy atom. The molecule has 1 unspecified atom stereocenters. The third-order valence-electron chi connectivity index (χ3n) is 6.74. The fraction of sp³-hybridized carbons (Fsp3) is 0.947. The molecule has 3 fully saturated rings. The van der Waals surface area contributed by atoms with Crippen LogP contribution >= 0.6 is 0 Å². The number of nitrogens with one attached hydrogen (secondary N) is 2. The first kappa shape index (κ1) is 16.3. The van der Waals surface area contributed by atoms with Gasteiger partial charge in [-0.05, 0) is 80.7 Å². The van der Waals surface area contributed by atoms with Gasteiger partial charge >= 0.3 is 0 Å². The third-order valence-corrected chi connectivity index (χ3v) is 6.74. The molecule has 0 bridgehead atoms. The van der Waals surface area contributed by atoms with Crippen molar-refractivity contribution < 1.29 is 4.79 Å². The maximum Gasteiger partial charge on any atom is 0.223 e. The Kier molecular flexibility index (Phi) is 4.55. The predicted molar refractivity (Wildman–Crippen MR) is 90.6 cm³/mol. The summed E-state index contributed by atoms with van der Waals surface area (Å²) in [6, 6.07) is 0. The third kappa shape index (κ3) is 3.50. The molecule has 126 valence electrons. The van der Waals surface area contributed by atoms with Crippen LogP contribution in [0.15, 0.2) is 0 Å². The second-order valence-corrected chi connectivity index (χ2v) is 9.20. The largest absolute Gasteiger partial charge is 0.356 e. The topological polar surface area (TPSA) is 41.1 Å². The van der Waals surface area contributed by atoms with E-state index in [2.05, 4.69) is 31.4 Å². The van der Waals surface area contributed by atoms with Crippen LogP contribution in [0.2, 0.25) is 0 Å². The summed E-state index contributed by atoms with van der Waals surface area (Å²) >= 11 is 0. The number of piperidine rings is 1. The SMILES string of the molecule is CC(C)(C)C1CCC(CNC(=O)C2CC23CCNCC3)CC1. The second-order valence-electron chi connectivity index (χ2n) is 9.20. The number of carbonyl (C=O) groups is 1. The lowest BCUT2D eigenvalue weighted by molar-refractivity contribution is -0.123. The molecule has 0 aromatic rings. The molecule has 0 aromatic heterocycles. The number of hydrogen-bond acceptors (Lipinski definition) is 2. The summed E-state index contributed by atoms with van der Waals surface area (Å²) in [6.07, 6.45) is 8.79. The van der Waals surface area contributed by atoms with Crippen LogP contribution in [-0.2, 0) is 4.79 Å². The van der Waals surface area contributed by atoms with Crippen LogP contribution in [0.4, 0.5) is 0 Å². The van der Waals surface area contributed by atoms with Crippen molar-refractivity contribution >= 4 is 5.91 Å². The Labute approximate surface area is 136 Å². The Morgan fingerprint density at radius 1 is 1.14 bits per heavy atom. The normalized spacial score (nSPS) is 34.4. The zero-order chi connectivity index (χ0) is 15.8. The molecule has 3 heteroatoms. The lowest BCUT2D eigenvalue weighted by Gasteiger charge is -2.37. The molecule has 2 saturated carbocycles. The molecule has 2 N–H and O–H groups in total. The monoisotopic (exact) mass is 306 g/mol. The van der Waals surface area contributed by atoms with Gasteiger partial charge in [0.05, 0.1) is 0 Å². The first-order valence-electron chi connectivity index (χ1n) is 9.39. The van der Waals surface area contributed by atoms with Crippen molar-refractivity contribution in [1.82, 2.24) is 10.6 Å².